The fraction of sp³-hybridized carbons (Fsp3) is 0.182. The Hall–Kier alpha value is -0.350. The summed E-state index contributed by atoms with van der Waals surface area (Å²) in [4.78, 5) is 4.53. The van der Waals surface area contributed by atoms with Crippen molar-refractivity contribution in [2.45, 2.75) is 11.7 Å². The summed E-state index contributed by atoms with van der Waals surface area (Å²) < 4.78 is 2.12. The lowest BCUT2D eigenvalue weighted by atomic mass is 10.2. The largest absolute Gasteiger partial charge is 0.325 e. The van der Waals surface area contributed by atoms with E-state index >= 15 is 0 Å². The van der Waals surface area contributed by atoms with E-state index in [1.54, 1.807) is 17.8 Å². The molecule has 17 heavy (non-hydrogen) atoms. The lowest BCUT2D eigenvalue weighted by molar-refractivity contribution is 0.719. The molecule has 1 aliphatic rings. The summed E-state index contributed by atoms with van der Waals surface area (Å²) in [5.41, 5.74) is 1.67. The highest BCUT2D eigenvalue weighted by molar-refractivity contribution is 7.99. The van der Waals surface area contributed by atoms with Gasteiger partial charge in [-0.2, -0.15) is 0 Å². The molecule has 0 spiro atoms. The Bertz CT molecular complexity index is 573. The van der Waals surface area contributed by atoms with E-state index in [-0.39, 0.29) is 0 Å². The van der Waals surface area contributed by atoms with E-state index in [1.165, 1.54) is 0 Å². The van der Waals surface area contributed by atoms with Gasteiger partial charge in [-0.15, -0.1) is 0 Å². The summed E-state index contributed by atoms with van der Waals surface area (Å²) >= 11 is 19.9. The lowest BCUT2D eigenvalue weighted by Gasteiger charge is -2.04. The van der Waals surface area contributed by atoms with Crippen LogP contribution in [0.3, 0.4) is 0 Å². The second-order valence-corrected chi connectivity index (χ2v) is 5.90. The molecular weight excluding hydrogens is 299 g/mol. The number of hydrogen-bond donors (Lipinski definition) is 0. The van der Waals surface area contributed by atoms with Gasteiger partial charge in [0.25, 0.3) is 0 Å². The third-order valence-corrected chi connectivity index (χ3v) is 4.88. The van der Waals surface area contributed by atoms with Gasteiger partial charge >= 0.3 is 0 Å². The molecule has 0 bridgehead atoms. The zero-order valence-electron chi connectivity index (χ0n) is 8.58. The second kappa shape index (κ2) is 4.39. The molecule has 0 saturated heterocycles. The molecule has 0 fully saturated rings. The Morgan fingerprint density at radius 2 is 2.00 bits per heavy atom. The number of rotatable bonds is 1. The third-order valence-electron chi connectivity index (χ3n) is 2.61. The Morgan fingerprint density at radius 1 is 1.18 bits per heavy atom. The Balaban J connectivity index is 2.12. The summed E-state index contributed by atoms with van der Waals surface area (Å²) in [6.45, 7) is 0.992. The first-order chi connectivity index (χ1) is 8.16. The van der Waals surface area contributed by atoms with Crippen LogP contribution in [0.2, 0.25) is 15.1 Å². The van der Waals surface area contributed by atoms with E-state index in [0.29, 0.717) is 15.1 Å². The fourth-order valence-corrected chi connectivity index (χ4v) is 3.34. The molecule has 1 aliphatic heterocycles. The van der Waals surface area contributed by atoms with Crippen molar-refractivity contribution in [3.63, 3.8) is 0 Å². The van der Waals surface area contributed by atoms with Gasteiger partial charge in [0.15, 0.2) is 5.16 Å². The predicted octanol–water partition coefficient (Wildman–Crippen LogP) is 4.62. The van der Waals surface area contributed by atoms with Gasteiger partial charge in [-0.05, 0) is 12.1 Å². The third kappa shape index (κ3) is 1.95. The molecule has 3 rings (SSSR count). The molecule has 0 atom stereocenters. The average Bonchev–Trinajstić information content (AvgIpc) is 2.86. The highest BCUT2D eigenvalue weighted by atomic mass is 35.5. The number of nitrogens with zero attached hydrogens (tertiary/aromatic N) is 2. The van der Waals surface area contributed by atoms with Gasteiger partial charge < -0.3 is 4.57 Å². The van der Waals surface area contributed by atoms with Gasteiger partial charge in [-0.25, -0.2) is 4.98 Å². The van der Waals surface area contributed by atoms with E-state index in [2.05, 4.69) is 9.55 Å². The monoisotopic (exact) mass is 304 g/mol. The first-order valence-electron chi connectivity index (χ1n) is 5.00. The van der Waals surface area contributed by atoms with Crippen molar-refractivity contribution >= 4 is 46.6 Å². The zero-order chi connectivity index (χ0) is 12.0. The second-order valence-electron chi connectivity index (χ2n) is 3.67. The number of fused-ring (bicyclic) bond motifs is 1. The highest BCUT2D eigenvalue weighted by Gasteiger charge is 2.18. The molecule has 0 amide bonds. The molecule has 0 radical (unpaired) electrons. The minimum atomic E-state index is 0.381. The van der Waals surface area contributed by atoms with Crippen LogP contribution in [0.4, 0.5) is 0 Å². The highest BCUT2D eigenvalue weighted by Crippen LogP contribution is 2.38. The van der Waals surface area contributed by atoms with Crippen LogP contribution in [0.5, 0.6) is 0 Å². The summed E-state index contributed by atoms with van der Waals surface area (Å²) in [7, 11) is 0. The summed E-state index contributed by atoms with van der Waals surface area (Å²) in [5, 5.41) is 2.33. The quantitative estimate of drug-likeness (QED) is 0.716. The topological polar surface area (TPSA) is 17.8 Å². The lowest BCUT2D eigenvalue weighted by Crippen LogP contribution is -1.89. The number of thioether (sulfide) groups is 1. The molecule has 6 heteroatoms. The SMILES string of the molecule is Clc1ccc(-c2cn3c(n2)SCC3)c(Cl)c1Cl. The zero-order valence-corrected chi connectivity index (χ0v) is 11.7. The van der Waals surface area contributed by atoms with Crippen molar-refractivity contribution in [2.24, 2.45) is 0 Å². The summed E-state index contributed by atoms with van der Waals surface area (Å²) in [6.07, 6.45) is 2.00. The van der Waals surface area contributed by atoms with Crippen LogP contribution in [-0.2, 0) is 6.54 Å². The normalized spacial score (nSPS) is 14.1. The number of aryl methyl sites for hydroxylation is 1. The van der Waals surface area contributed by atoms with E-state index in [4.69, 9.17) is 34.8 Å². The Kier molecular flexibility index (Phi) is 3.03. The van der Waals surface area contributed by atoms with Gasteiger partial charge in [0.05, 0.1) is 20.8 Å². The standard InChI is InChI=1S/C11H7Cl3N2S/c12-7-2-1-6(9(13)10(7)14)8-5-16-3-4-17-11(16)15-8/h1-2,5H,3-4H2. The van der Waals surface area contributed by atoms with E-state index < -0.39 is 0 Å². The Labute approximate surface area is 118 Å². The minimum absolute atomic E-state index is 0.381. The van der Waals surface area contributed by atoms with Gasteiger partial charge in [0.2, 0.25) is 0 Å². The van der Waals surface area contributed by atoms with Crippen molar-refractivity contribution in [1.82, 2.24) is 9.55 Å². The molecule has 0 saturated carbocycles. The van der Waals surface area contributed by atoms with Gasteiger partial charge in [0.1, 0.15) is 0 Å². The molecule has 0 N–H and O–H groups in total. The molecule has 1 aromatic heterocycles. The van der Waals surface area contributed by atoms with Crippen LogP contribution in [-0.4, -0.2) is 15.3 Å². The van der Waals surface area contributed by atoms with Gasteiger partial charge in [-0.3, -0.25) is 0 Å². The molecule has 2 nitrogen and oxygen atoms in total. The predicted molar refractivity (Wildman–Crippen MR) is 73.4 cm³/mol. The van der Waals surface area contributed by atoms with Crippen LogP contribution >= 0.6 is 46.6 Å². The minimum Gasteiger partial charge on any atom is -0.325 e. The van der Waals surface area contributed by atoms with Gasteiger partial charge in [0, 0.05) is 24.1 Å². The van der Waals surface area contributed by atoms with Crippen LogP contribution < -0.4 is 0 Å². The summed E-state index contributed by atoms with van der Waals surface area (Å²) in [5.74, 6) is 1.08. The van der Waals surface area contributed by atoms with Crippen LogP contribution in [0.25, 0.3) is 11.3 Å². The number of imidazole rings is 1. The molecule has 2 aromatic rings. The van der Waals surface area contributed by atoms with E-state index in [9.17, 15) is 0 Å². The summed E-state index contributed by atoms with van der Waals surface area (Å²) in [6, 6.07) is 3.59. The van der Waals surface area contributed by atoms with Crippen molar-refractivity contribution in [3.05, 3.63) is 33.4 Å². The first-order valence-corrected chi connectivity index (χ1v) is 7.12. The molecule has 0 unspecified atom stereocenters. The van der Waals surface area contributed by atoms with Gasteiger partial charge in [-0.1, -0.05) is 46.6 Å². The molecular formula is C11H7Cl3N2S. The maximum Gasteiger partial charge on any atom is 0.168 e. The maximum atomic E-state index is 6.18. The maximum absolute atomic E-state index is 6.18. The van der Waals surface area contributed by atoms with Crippen LogP contribution in [0.1, 0.15) is 0 Å². The van der Waals surface area contributed by atoms with E-state index in [0.717, 1.165) is 28.7 Å². The number of aromatic nitrogens is 2. The first kappa shape index (κ1) is 11.7. The number of halogens is 3. The van der Waals surface area contributed by atoms with Crippen molar-refractivity contribution in [3.8, 4) is 11.3 Å². The van der Waals surface area contributed by atoms with Crippen molar-refractivity contribution in [2.75, 3.05) is 5.75 Å². The molecule has 1 aromatic carbocycles. The fourth-order valence-electron chi connectivity index (χ4n) is 1.76. The molecule has 0 aliphatic carbocycles. The van der Waals surface area contributed by atoms with Crippen LogP contribution in [0, 0.1) is 0 Å². The van der Waals surface area contributed by atoms with Crippen LogP contribution in [0.15, 0.2) is 23.5 Å². The number of benzene rings is 1. The Morgan fingerprint density at radius 3 is 2.76 bits per heavy atom. The van der Waals surface area contributed by atoms with E-state index in [1.807, 2.05) is 12.3 Å². The smallest absolute Gasteiger partial charge is 0.168 e. The van der Waals surface area contributed by atoms with Crippen molar-refractivity contribution in [1.29, 1.82) is 0 Å². The average molecular weight is 306 g/mol. The molecule has 88 valence electrons. The number of hydrogen-bond acceptors (Lipinski definition) is 2. The molecule has 2 heterocycles. The van der Waals surface area contributed by atoms with Crippen molar-refractivity contribution < 1.29 is 0 Å².